The highest BCUT2D eigenvalue weighted by atomic mass is 19.4. The second-order valence-electron chi connectivity index (χ2n) is 4.45. The van der Waals surface area contributed by atoms with Gasteiger partial charge in [-0.3, -0.25) is 10.1 Å². The van der Waals surface area contributed by atoms with Gasteiger partial charge in [0.25, 0.3) is 13.1 Å². The number of carbonyl (C=O) groups excluding carboxylic acids is 1. The summed E-state index contributed by atoms with van der Waals surface area (Å²) in [5.41, 5.74) is -1.82. The SMILES string of the molecule is O=C[B]N1CC(Oc2cc([N+](=O)[O-])cc(C(F)(F)F)c2)C1. The number of benzene rings is 1. The van der Waals surface area contributed by atoms with Gasteiger partial charge in [-0.15, -0.1) is 0 Å². The number of nitro groups is 1. The predicted octanol–water partition coefficient (Wildman–Crippen LogP) is 1.49. The van der Waals surface area contributed by atoms with Crippen LogP contribution in [0, 0.1) is 10.1 Å². The van der Waals surface area contributed by atoms with Gasteiger partial charge in [0.15, 0.2) is 0 Å². The van der Waals surface area contributed by atoms with Crippen molar-refractivity contribution >= 4 is 19.3 Å². The van der Waals surface area contributed by atoms with E-state index in [1.54, 1.807) is 4.81 Å². The Kier molecular flexibility index (Phi) is 4.17. The van der Waals surface area contributed by atoms with Crippen LogP contribution in [0.2, 0.25) is 0 Å². The molecule has 1 heterocycles. The molecule has 0 N–H and O–H groups in total. The van der Waals surface area contributed by atoms with Crippen LogP contribution < -0.4 is 4.74 Å². The summed E-state index contributed by atoms with van der Waals surface area (Å²) in [6.45, 7) is 0.672. The number of hydrogen-bond donors (Lipinski definition) is 0. The Labute approximate surface area is 117 Å². The molecule has 0 atom stereocenters. The number of non-ortho nitro benzene ring substituents is 1. The summed E-state index contributed by atoms with van der Waals surface area (Å²) in [7, 11) is 1.29. The van der Waals surface area contributed by atoms with Crippen molar-refractivity contribution in [3.8, 4) is 5.75 Å². The lowest BCUT2D eigenvalue weighted by Crippen LogP contribution is -2.55. The first kappa shape index (κ1) is 15.3. The van der Waals surface area contributed by atoms with Gasteiger partial charge in [-0.05, 0) is 6.07 Å². The molecule has 0 amide bonds. The number of alkyl halides is 3. The second kappa shape index (κ2) is 5.72. The van der Waals surface area contributed by atoms with Gasteiger partial charge in [-0.2, -0.15) is 13.2 Å². The number of halogens is 3. The molecular formula is C11H9BF3N2O4. The van der Waals surface area contributed by atoms with E-state index < -0.39 is 28.5 Å². The van der Waals surface area contributed by atoms with Gasteiger partial charge < -0.3 is 14.3 Å². The Balaban J connectivity index is 2.14. The number of nitro benzene ring substituents is 1. The van der Waals surface area contributed by atoms with E-state index in [0.717, 1.165) is 12.1 Å². The highest BCUT2D eigenvalue weighted by Gasteiger charge is 2.34. The molecule has 2 rings (SSSR count). The molecule has 0 aromatic heterocycles. The summed E-state index contributed by atoms with van der Waals surface area (Å²) in [5.74, 6) is -0.215. The first-order valence-corrected chi connectivity index (χ1v) is 5.85. The Bertz CT molecular complexity index is 561. The van der Waals surface area contributed by atoms with Crippen molar-refractivity contribution in [1.29, 1.82) is 0 Å². The summed E-state index contributed by atoms with van der Waals surface area (Å²) in [6, 6.07) is 2.13. The van der Waals surface area contributed by atoms with Crippen LogP contribution in [-0.2, 0) is 11.0 Å². The van der Waals surface area contributed by atoms with Crippen molar-refractivity contribution in [2.75, 3.05) is 13.1 Å². The standard InChI is InChI=1S/C11H9BF3N2O4/c13-11(14,15)7-1-8(17(19)20)3-9(2-7)21-10-4-16(5-10)12-6-18/h1-3,6,10H,4-5H2. The molecule has 21 heavy (non-hydrogen) atoms. The van der Waals surface area contributed by atoms with Crippen molar-refractivity contribution in [3.63, 3.8) is 0 Å². The van der Waals surface area contributed by atoms with E-state index in [9.17, 15) is 28.1 Å². The van der Waals surface area contributed by atoms with Gasteiger partial charge in [-0.1, -0.05) is 0 Å². The maximum Gasteiger partial charge on any atom is 0.416 e. The first-order chi connectivity index (χ1) is 9.79. The van der Waals surface area contributed by atoms with E-state index in [0.29, 0.717) is 25.3 Å². The van der Waals surface area contributed by atoms with E-state index >= 15 is 0 Å². The predicted molar refractivity (Wildman–Crippen MR) is 66.6 cm³/mol. The molecule has 1 fully saturated rings. The zero-order valence-electron chi connectivity index (χ0n) is 10.5. The summed E-state index contributed by atoms with van der Waals surface area (Å²) >= 11 is 0. The highest BCUT2D eigenvalue weighted by Crippen LogP contribution is 2.35. The Morgan fingerprint density at radius 2 is 2.05 bits per heavy atom. The average Bonchev–Trinajstić information content (AvgIpc) is 2.35. The van der Waals surface area contributed by atoms with Gasteiger partial charge in [0.1, 0.15) is 11.9 Å². The fourth-order valence-electron chi connectivity index (χ4n) is 1.86. The third-order valence-electron chi connectivity index (χ3n) is 2.88. The van der Waals surface area contributed by atoms with Crippen molar-refractivity contribution in [2.24, 2.45) is 0 Å². The first-order valence-electron chi connectivity index (χ1n) is 5.85. The minimum Gasteiger partial charge on any atom is -0.488 e. The van der Waals surface area contributed by atoms with Crippen LogP contribution >= 0.6 is 0 Å². The molecule has 1 aliphatic heterocycles. The molecule has 0 saturated carbocycles. The monoisotopic (exact) mass is 301 g/mol. The second-order valence-corrected chi connectivity index (χ2v) is 4.45. The van der Waals surface area contributed by atoms with Crippen molar-refractivity contribution in [2.45, 2.75) is 12.3 Å². The zero-order valence-corrected chi connectivity index (χ0v) is 10.5. The van der Waals surface area contributed by atoms with Gasteiger partial charge in [-0.25, -0.2) is 0 Å². The maximum atomic E-state index is 12.7. The van der Waals surface area contributed by atoms with Crippen molar-refractivity contribution < 1.29 is 27.6 Å². The topological polar surface area (TPSA) is 72.7 Å². The van der Waals surface area contributed by atoms with E-state index in [2.05, 4.69) is 0 Å². The summed E-state index contributed by atoms with van der Waals surface area (Å²) < 4.78 is 43.3. The molecule has 0 spiro atoms. The fourth-order valence-corrected chi connectivity index (χ4v) is 1.86. The van der Waals surface area contributed by atoms with Crippen LogP contribution in [0.1, 0.15) is 5.56 Å². The minimum atomic E-state index is -4.69. The summed E-state index contributed by atoms with van der Waals surface area (Å²) in [6.07, 6.45) is -4.52. The van der Waals surface area contributed by atoms with E-state index in [4.69, 9.17) is 4.74 Å². The molecule has 1 saturated heterocycles. The van der Waals surface area contributed by atoms with Crippen LogP contribution in [0.25, 0.3) is 0 Å². The number of rotatable bonds is 5. The molecule has 0 bridgehead atoms. The molecule has 1 aliphatic rings. The molecule has 0 aliphatic carbocycles. The van der Waals surface area contributed by atoms with Gasteiger partial charge in [0.2, 0.25) is 0 Å². The number of ether oxygens (including phenoxy) is 1. The average molecular weight is 301 g/mol. The molecule has 111 valence electrons. The highest BCUT2D eigenvalue weighted by molar-refractivity contribution is 6.64. The molecule has 0 unspecified atom stereocenters. The Morgan fingerprint density at radius 1 is 1.38 bits per heavy atom. The van der Waals surface area contributed by atoms with E-state index in [1.807, 2.05) is 0 Å². The van der Waals surface area contributed by atoms with Gasteiger partial charge >= 0.3 is 6.18 Å². The quantitative estimate of drug-likeness (QED) is 0.356. The van der Waals surface area contributed by atoms with Gasteiger partial charge in [0, 0.05) is 19.2 Å². The molecule has 10 heteroatoms. The minimum absolute atomic E-state index is 0.215. The van der Waals surface area contributed by atoms with Gasteiger partial charge in [0.05, 0.1) is 22.7 Å². The van der Waals surface area contributed by atoms with E-state index in [1.165, 1.54) is 7.41 Å². The lowest BCUT2D eigenvalue weighted by Gasteiger charge is -2.37. The zero-order chi connectivity index (χ0) is 15.6. The van der Waals surface area contributed by atoms with Crippen molar-refractivity contribution in [3.05, 3.63) is 33.9 Å². The van der Waals surface area contributed by atoms with Crippen LogP contribution in [0.4, 0.5) is 18.9 Å². The number of hydrogen-bond acceptors (Lipinski definition) is 5. The van der Waals surface area contributed by atoms with Crippen LogP contribution in [0.15, 0.2) is 18.2 Å². The third kappa shape index (κ3) is 3.72. The lowest BCUT2D eigenvalue weighted by molar-refractivity contribution is -0.385. The molecule has 1 radical (unpaired) electrons. The van der Waals surface area contributed by atoms with Crippen molar-refractivity contribution in [1.82, 2.24) is 4.81 Å². The smallest absolute Gasteiger partial charge is 0.416 e. The fraction of sp³-hybridized carbons (Fsp3) is 0.364. The Hall–Kier alpha value is -2.10. The largest absolute Gasteiger partial charge is 0.488 e. The lowest BCUT2D eigenvalue weighted by atomic mass is 9.89. The van der Waals surface area contributed by atoms with E-state index in [-0.39, 0.29) is 5.75 Å². The number of carbonyl (C=O) groups is 1. The molecule has 1 aromatic rings. The van der Waals surface area contributed by atoms with Crippen LogP contribution in [0.5, 0.6) is 5.75 Å². The molecule has 1 aromatic carbocycles. The maximum absolute atomic E-state index is 12.7. The van der Waals surface area contributed by atoms with Crippen LogP contribution in [0.3, 0.4) is 0 Å². The summed E-state index contributed by atoms with van der Waals surface area (Å²) in [5, 5.41) is 10.7. The molecule has 6 nitrogen and oxygen atoms in total. The Morgan fingerprint density at radius 3 is 2.57 bits per heavy atom. The normalized spacial score (nSPS) is 16.1. The van der Waals surface area contributed by atoms with Crippen LogP contribution in [-0.4, -0.2) is 42.5 Å². The summed E-state index contributed by atoms with van der Waals surface area (Å²) in [4.78, 5) is 21.6. The third-order valence-corrected chi connectivity index (χ3v) is 2.88. The number of nitrogens with zero attached hydrogens (tertiary/aromatic N) is 2. The molecular weight excluding hydrogens is 292 g/mol.